The highest BCUT2D eigenvalue weighted by molar-refractivity contribution is 9.10. The Morgan fingerprint density at radius 3 is 2.47 bits per heavy atom. The van der Waals surface area contributed by atoms with Gasteiger partial charge in [-0.1, -0.05) is 45.4 Å². The van der Waals surface area contributed by atoms with Gasteiger partial charge in [-0.25, -0.2) is 4.79 Å². The van der Waals surface area contributed by atoms with Crippen molar-refractivity contribution in [3.05, 3.63) is 57.6 Å². The van der Waals surface area contributed by atoms with Gasteiger partial charge in [0.25, 0.3) is 0 Å². The average molecular weight is 337 g/mol. The van der Waals surface area contributed by atoms with Crippen LogP contribution in [0, 0.1) is 13.8 Å². The van der Waals surface area contributed by atoms with Crippen LogP contribution in [0.2, 0.25) is 0 Å². The summed E-state index contributed by atoms with van der Waals surface area (Å²) in [6, 6.07) is 11.4. The van der Waals surface area contributed by atoms with Gasteiger partial charge in [-0.05, 0) is 43.7 Å². The molecular formula is C15H13BrO2S. The second kappa shape index (κ2) is 5.80. The van der Waals surface area contributed by atoms with Gasteiger partial charge in [-0.15, -0.1) is 0 Å². The van der Waals surface area contributed by atoms with Crippen molar-refractivity contribution in [3.63, 3.8) is 0 Å². The predicted octanol–water partition coefficient (Wildman–Crippen LogP) is 4.92. The first kappa shape index (κ1) is 14.2. The molecule has 0 saturated heterocycles. The summed E-state index contributed by atoms with van der Waals surface area (Å²) in [5.41, 5.74) is 2.68. The Hall–Kier alpha value is -1.26. The fourth-order valence-electron chi connectivity index (χ4n) is 1.79. The number of hydrogen-bond donors (Lipinski definition) is 1. The van der Waals surface area contributed by atoms with E-state index >= 15 is 0 Å². The van der Waals surface area contributed by atoms with E-state index in [0.29, 0.717) is 5.56 Å². The molecule has 0 bridgehead atoms. The van der Waals surface area contributed by atoms with E-state index in [1.807, 2.05) is 32.0 Å². The van der Waals surface area contributed by atoms with E-state index in [0.717, 1.165) is 19.8 Å². The molecule has 0 radical (unpaired) electrons. The highest BCUT2D eigenvalue weighted by atomic mass is 79.9. The number of rotatable bonds is 3. The molecule has 0 spiro atoms. The van der Waals surface area contributed by atoms with Crippen LogP contribution in [0.5, 0.6) is 0 Å². The second-order valence-electron chi connectivity index (χ2n) is 4.32. The SMILES string of the molecule is Cc1ccc(Sc2cc(Br)ccc2C(=O)O)c(C)c1. The summed E-state index contributed by atoms with van der Waals surface area (Å²) in [7, 11) is 0. The number of halogens is 1. The lowest BCUT2D eigenvalue weighted by Gasteiger charge is -2.09. The monoisotopic (exact) mass is 336 g/mol. The molecule has 0 aliphatic carbocycles. The van der Waals surface area contributed by atoms with E-state index in [9.17, 15) is 9.90 Å². The first-order valence-electron chi connectivity index (χ1n) is 5.75. The van der Waals surface area contributed by atoms with Crippen LogP contribution in [0.1, 0.15) is 21.5 Å². The zero-order chi connectivity index (χ0) is 14.0. The third kappa shape index (κ3) is 3.39. The molecular weight excluding hydrogens is 324 g/mol. The zero-order valence-electron chi connectivity index (χ0n) is 10.6. The lowest BCUT2D eigenvalue weighted by molar-refractivity contribution is 0.0693. The lowest BCUT2D eigenvalue weighted by Crippen LogP contribution is -1.98. The van der Waals surface area contributed by atoms with E-state index in [-0.39, 0.29) is 0 Å². The molecule has 0 fully saturated rings. The van der Waals surface area contributed by atoms with Crippen LogP contribution in [-0.2, 0) is 0 Å². The lowest BCUT2D eigenvalue weighted by atomic mass is 10.2. The molecule has 98 valence electrons. The molecule has 0 heterocycles. The molecule has 0 aliphatic rings. The normalized spacial score (nSPS) is 10.5. The Morgan fingerprint density at radius 1 is 1.11 bits per heavy atom. The molecule has 0 aromatic heterocycles. The van der Waals surface area contributed by atoms with E-state index in [1.54, 1.807) is 12.1 Å². The van der Waals surface area contributed by atoms with Crippen LogP contribution in [0.25, 0.3) is 0 Å². The number of hydrogen-bond acceptors (Lipinski definition) is 2. The van der Waals surface area contributed by atoms with Gasteiger partial charge in [0.05, 0.1) is 5.56 Å². The van der Waals surface area contributed by atoms with Crippen molar-refractivity contribution in [1.29, 1.82) is 0 Å². The Kier molecular flexibility index (Phi) is 4.32. The molecule has 19 heavy (non-hydrogen) atoms. The van der Waals surface area contributed by atoms with Gasteiger partial charge in [0.15, 0.2) is 0 Å². The minimum Gasteiger partial charge on any atom is -0.478 e. The molecule has 0 unspecified atom stereocenters. The van der Waals surface area contributed by atoms with Crippen molar-refractivity contribution in [2.24, 2.45) is 0 Å². The van der Waals surface area contributed by atoms with E-state index in [1.165, 1.54) is 17.3 Å². The highest BCUT2D eigenvalue weighted by Gasteiger charge is 2.12. The van der Waals surface area contributed by atoms with Crippen LogP contribution in [0.4, 0.5) is 0 Å². The van der Waals surface area contributed by atoms with Gasteiger partial charge >= 0.3 is 5.97 Å². The number of benzene rings is 2. The topological polar surface area (TPSA) is 37.3 Å². The maximum Gasteiger partial charge on any atom is 0.336 e. The maximum atomic E-state index is 11.2. The van der Waals surface area contributed by atoms with E-state index in [2.05, 4.69) is 22.0 Å². The Morgan fingerprint density at radius 2 is 1.84 bits per heavy atom. The van der Waals surface area contributed by atoms with Gasteiger partial charge in [0.2, 0.25) is 0 Å². The summed E-state index contributed by atoms with van der Waals surface area (Å²) in [4.78, 5) is 13.1. The average Bonchev–Trinajstić information content (AvgIpc) is 2.32. The van der Waals surface area contributed by atoms with E-state index < -0.39 is 5.97 Å². The minimum atomic E-state index is -0.903. The van der Waals surface area contributed by atoms with Gasteiger partial charge in [0, 0.05) is 14.3 Å². The zero-order valence-corrected chi connectivity index (χ0v) is 13.0. The number of aromatic carboxylic acids is 1. The Bertz CT molecular complexity index is 638. The highest BCUT2D eigenvalue weighted by Crippen LogP contribution is 2.34. The third-order valence-electron chi connectivity index (χ3n) is 2.72. The fourth-order valence-corrected chi connectivity index (χ4v) is 3.35. The summed E-state index contributed by atoms with van der Waals surface area (Å²) in [5, 5.41) is 9.22. The van der Waals surface area contributed by atoms with Crippen molar-refractivity contribution >= 4 is 33.7 Å². The quantitative estimate of drug-likeness (QED) is 0.864. The number of carbonyl (C=O) groups is 1. The van der Waals surface area contributed by atoms with Crippen LogP contribution in [-0.4, -0.2) is 11.1 Å². The largest absolute Gasteiger partial charge is 0.478 e. The minimum absolute atomic E-state index is 0.327. The van der Waals surface area contributed by atoms with Crippen LogP contribution in [0.15, 0.2) is 50.7 Å². The molecule has 0 aliphatic heterocycles. The molecule has 4 heteroatoms. The molecule has 2 aromatic carbocycles. The van der Waals surface area contributed by atoms with Crippen LogP contribution in [0.3, 0.4) is 0 Å². The number of aryl methyl sites for hydroxylation is 2. The van der Waals surface area contributed by atoms with Crippen molar-refractivity contribution in [3.8, 4) is 0 Å². The van der Waals surface area contributed by atoms with Crippen molar-refractivity contribution in [2.75, 3.05) is 0 Å². The predicted molar refractivity (Wildman–Crippen MR) is 81.1 cm³/mol. The van der Waals surface area contributed by atoms with Crippen LogP contribution >= 0.6 is 27.7 Å². The van der Waals surface area contributed by atoms with Crippen molar-refractivity contribution in [1.82, 2.24) is 0 Å². The van der Waals surface area contributed by atoms with Crippen LogP contribution < -0.4 is 0 Å². The summed E-state index contributed by atoms with van der Waals surface area (Å²) >= 11 is 4.86. The standard InChI is InChI=1S/C15H13BrO2S/c1-9-3-6-13(10(2)7-9)19-14-8-11(16)4-5-12(14)15(17)18/h3-8H,1-2H3,(H,17,18). The molecule has 0 atom stereocenters. The summed E-state index contributed by atoms with van der Waals surface area (Å²) in [6.45, 7) is 4.08. The summed E-state index contributed by atoms with van der Waals surface area (Å²) in [5.74, 6) is -0.903. The fraction of sp³-hybridized carbons (Fsp3) is 0.133. The molecule has 1 N–H and O–H groups in total. The summed E-state index contributed by atoms with van der Waals surface area (Å²) in [6.07, 6.45) is 0. The van der Waals surface area contributed by atoms with Gasteiger partial charge in [-0.3, -0.25) is 0 Å². The van der Waals surface area contributed by atoms with E-state index in [4.69, 9.17) is 0 Å². The molecule has 2 nitrogen and oxygen atoms in total. The third-order valence-corrected chi connectivity index (χ3v) is 4.45. The molecule has 0 amide bonds. The number of carboxylic acid groups (broad SMARTS) is 1. The van der Waals surface area contributed by atoms with Crippen molar-refractivity contribution < 1.29 is 9.90 Å². The Balaban J connectivity index is 2.42. The first-order valence-corrected chi connectivity index (χ1v) is 7.36. The Labute approximate surface area is 125 Å². The van der Waals surface area contributed by atoms with Gasteiger partial charge < -0.3 is 5.11 Å². The van der Waals surface area contributed by atoms with Crippen molar-refractivity contribution in [2.45, 2.75) is 23.6 Å². The number of carboxylic acids is 1. The van der Waals surface area contributed by atoms with Gasteiger partial charge in [0.1, 0.15) is 0 Å². The smallest absolute Gasteiger partial charge is 0.336 e. The van der Waals surface area contributed by atoms with Gasteiger partial charge in [-0.2, -0.15) is 0 Å². The summed E-state index contributed by atoms with van der Waals surface area (Å²) < 4.78 is 0.879. The molecule has 0 saturated carbocycles. The first-order chi connectivity index (χ1) is 8.97. The molecule has 2 rings (SSSR count). The maximum absolute atomic E-state index is 11.2. The molecule has 2 aromatic rings. The second-order valence-corrected chi connectivity index (χ2v) is 6.32.